The lowest BCUT2D eigenvalue weighted by atomic mass is 10.2. The maximum atomic E-state index is 11.9. The fourth-order valence-electron chi connectivity index (χ4n) is 1.29. The summed E-state index contributed by atoms with van der Waals surface area (Å²) in [7, 11) is 3.64. The van der Waals surface area contributed by atoms with Gasteiger partial charge in [0.15, 0.2) is 0 Å². The Kier molecular flexibility index (Phi) is 4.89. The van der Waals surface area contributed by atoms with E-state index >= 15 is 0 Å². The summed E-state index contributed by atoms with van der Waals surface area (Å²) in [6, 6.07) is 1.71. The Morgan fingerprint density at radius 3 is 2.82 bits per heavy atom. The molecule has 0 aromatic carbocycles. The third kappa shape index (κ3) is 3.98. The Morgan fingerprint density at radius 2 is 2.29 bits per heavy atom. The third-order valence-corrected chi connectivity index (χ3v) is 2.49. The van der Waals surface area contributed by atoms with Gasteiger partial charge in [-0.25, -0.2) is 4.98 Å². The lowest BCUT2D eigenvalue weighted by molar-refractivity contribution is 0.0924. The molecule has 0 aliphatic rings. The minimum absolute atomic E-state index is 0.220. The van der Waals surface area contributed by atoms with Gasteiger partial charge in [-0.2, -0.15) is 0 Å². The number of nitrogens with zero attached hydrogens (tertiary/aromatic N) is 2. The molecule has 0 radical (unpaired) electrons. The van der Waals surface area contributed by atoms with Gasteiger partial charge < -0.3 is 15.3 Å². The van der Waals surface area contributed by atoms with Crippen LogP contribution in [0.3, 0.4) is 0 Å². The molecule has 6 heteroatoms. The van der Waals surface area contributed by atoms with Crippen LogP contribution in [0.1, 0.15) is 17.3 Å². The SMILES string of the molecule is CC(O)CNC(=O)c1cc(Br)cnc1N(C)C. The summed E-state index contributed by atoms with van der Waals surface area (Å²) in [5, 5.41) is 11.8. The fraction of sp³-hybridized carbons (Fsp3) is 0.455. The van der Waals surface area contributed by atoms with Gasteiger partial charge in [0.2, 0.25) is 0 Å². The van der Waals surface area contributed by atoms with Crippen LogP contribution < -0.4 is 10.2 Å². The summed E-state index contributed by atoms with van der Waals surface area (Å²) in [5.74, 6) is 0.347. The molecule has 1 heterocycles. The summed E-state index contributed by atoms with van der Waals surface area (Å²) in [4.78, 5) is 17.9. The van der Waals surface area contributed by atoms with Crippen molar-refractivity contribution in [1.82, 2.24) is 10.3 Å². The number of carbonyl (C=O) groups excluding carboxylic acids is 1. The minimum Gasteiger partial charge on any atom is -0.392 e. The normalized spacial score (nSPS) is 12.1. The molecule has 0 spiro atoms. The molecule has 1 amide bonds. The standard InChI is InChI=1S/C11H16BrN3O2/c1-7(16)5-14-11(17)9-4-8(12)6-13-10(9)15(2)3/h4,6-7,16H,5H2,1-3H3,(H,14,17). The second-order valence-corrected chi connectivity index (χ2v) is 4.89. The summed E-state index contributed by atoms with van der Waals surface area (Å²) in [5.41, 5.74) is 0.477. The Bertz CT molecular complexity index is 408. The molecule has 0 bridgehead atoms. The number of aliphatic hydroxyl groups excluding tert-OH is 1. The van der Waals surface area contributed by atoms with Crippen molar-refractivity contribution >= 4 is 27.7 Å². The first kappa shape index (κ1) is 13.9. The summed E-state index contributed by atoms with van der Waals surface area (Å²) >= 11 is 3.28. The Labute approximate surface area is 109 Å². The molecule has 0 saturated carbocycles. The number of aliphatic hydroxyl groups is 1. The number of hydrogen-bond acceptors (Lipinski definition) is 4. The zero-order valence-electron chi connectivity index (χ0n) is 10.1. The highest BCUT2D eigenvalue weighted by Crippen LogP contribution is 2.19. The predicted molar refractivity (Wildman–Crippen MR) is 70.3 cm³/mol. The van der Waals surface area contributed by atoms with Gasteiger partial charge in [0.1, 0.15) is 5.82 Å². The van der Waals surface area contributed by atoms with E-state index in [2.05, 4.69) is 26.2 Å². The second-order valence-electron chi connectivity index (χ2n) is 3.98. The van der Waals surface area contributed by atoms with Gasteiger partial charge >= 0.3 is 0 Å². The van der Waals surface area contributed by atoms with Crippen molar-refractivity contribution in [2.45, 2.75) is 13.0 Å². The average Bonchev–Trinajstić information content (AvgIpc) is 2.25. The van der Waals surface area contributed by atoms with Crippen LogP contribution in [0.4, 0.5) is 5.82 Å². The van der Waals surface area contributed by atoms with E-state index in [9.17, 15) is 4.79 Å². The van der Waals surface area contributed by atoms with E-state index in [-0.39, 0.29) is 12.5 Å². The van der Waals surface area contributed by atoms with E-state index in [1.54, 1.807) is 24.1 Å². The van der Waals surface area contributed by atoms with Crippen molar-refractivity contribution in [3.05, 3.63) is 22.3 Å². The molecule has 1 aromatic rings. The summed E-state index contributed by atoms with van der Waals surface area (Å²) in [6.45, 7) is 1.84. The Morgan fingerprint density at radius 1 is 1.65 bits per heavy atom. The highest BCUT2D eigenvalue weighted by Gasteiger charge is 2.15. The number of amides is 1. The number of halogens is 1. The third-order valence-electron chi connectivity index (χ3n) is 2.06. The van der Waals surface area contributed by atoms with Crippen LogP contribution in [-0.2, 0) is 0 Å². The van der Waals surface area contributed by atoms with Gasteiger partial charge in [0.05, 0.1) is 11.7 Å². The van der Waals surface area contributed by atoms with Gasteiger partial charge in [-0.1, -0.05) is 0 Å². The number of pyridine rings is 1. The first-order chi connectivity index (χ1) is 7.91. The van der Waals surface area contributed by atoms with Crippen LogP contribution in [0.25, 0.3) is 0 Å². The lowest BCUT2D eigenvalue weighted by Crippen LogP contribution is -2.31. The molecular weight excluding hydrogens is 286 g/mol. The largest absolute Gasteiger partial charge is 0.392 e. The van der Waals surface area contributed by atoms with Gasteiger partial charge in [-0.15, -0.1) is 0 Å². The maximum Gasteiger partial charge on any atom is 0.255 e. The van der Waals surface area contributed by atoms with Crippen molar-refractivity contribution in [1.29, 1.82) is 0 Å². The maximum absolute atomic E-state index is 11.9. The highest BCUT2D eigenvalue weighted by molar-refractivity contribution is 9.10. The second kappa shape index (κ2) is 5.97. The zero-order chi connectivity index (χ0) is 13.0. The van der Waals surface area contributed by atoms with Gasteiger partial charge in [0, 0.05) is 31.3 Å². The van der Waals surface area contributed by atoms with Crippen molar-refractivity contribution in [2.24, 2.45) is 0 Å². The van der Waals surface area contributed by atoms with E-state index in [1.807, 2.05) is 14.1 Å². The molecule has 1 atom stereocenters. The molecule has 0 fully saturated rings. The fourth-order valence-corrected chi connectivity index (χ4v) is 1.62. The molecule has 1 rings (SSSR count). The number of hydrogen-bond donors (Lipinski definition) is 2. The monoisotopic (exact) mass is 301 g/mol. The van der Waals surface area contributed by atoms with Crippen molar-refractivity contribution in [3.8, 4) is 0 Å². The van der Waals surface area contributed by atoms with Crippen LogP contribution in [0, 0.1) is 0 Å². The first-order valence-electron chi connectivity index (χ1n) is 5.21. The molecule has 2 N–H and O–H groups in total. The summed E-state index contributed by atoms with van der Waals surface area (Å²) < 4.78 is 0.741. The van der Waals surface area contributed by atoms with E-state index in [0.717, 1.165) is 4.47 Å². The molecule has 5 nitrogen and oxygen atoms in total. The number of aromatic nitrogens is 1. The average molecular weight is 302 g/mol. The quantitative estimate of drug-likeness (QED) is 0.871. The lowest BCUT2D eigenvalue weighted by Gasteiger charge is -2.16. The van der Waals surface area contributed by atoms with Crippen LogP contribution >= 0.6 is 15.9 Å². The van der Waals surface area contributed by atoms with E-state index in [4.69, 9.17) is 5.11 Å². The number of nitrogens with one attached hydrogen (secondary N) is 1. The van der Waals surface area contributed by atoms with Crippen LogP contribution in [0.15, 0.2) is 16.7 Å². The molecule has 1 aromatic heterocycles. The smallest absolute Gasteiger partial charge is 0.255 e. The molecule has 1 unspecified atom stereocenters. The molecule has 94 valence electrons. The molecular formula is C11H16BrN3O2. The van der Waals surface area contributed by atoms with E-state index in [0.29, 0.717) is 11.4 Å². The number of anilines is 1. The summed E-state index contributed by atoms with van der Waals surface area (Å²) in [6.07, 6.45) is 1.07. The first-order valence-corrected chi connectivity index (χ1v) is 6.00. The van der Waals surface area contributed by atoms with Gasteiger partial charge in [0.25, 0.3) is 5.91 Å². The minimum atomic E-state index is -0.568. The number of rotatable bonds is 4. The molecule has 0 aliphatic heterocycles. The highest BCUT2D eigenvalue weighted by atomic mass is 79.9. The number of carbonyl (C=O) groups is 1. The zero-order valence-corrected chi connectivity index (χ0v) is 11.7. The van der Waals surface area contributed by atoms with E-state index in [1.165, 1.54) is 0 Å². The van der Waals surface area contributed by atoms with Crippen LogP contribution in [0.5, 0.6) is 0 Å². The van der Waals surface area contributed by atoms with Crippen molar-refractivity contribution in [3.63, 3.8) is 0 Å². The Balaban J connectivity index is 2.94. The van der Waals surface area contributed by atoms with Crippen LogP contribution in [0.2, 0.25) is 0 Å². The predicted octanol–water partition coefficient (Wildman–Crippen LogP) is 1.02. The van der Waals surface area contributed by atoms with Crippen molar-refractivity contribution < 1.29 is 9.90 Å². The van der Waals surface area contributed by atoms with Crippen molar-refractivity contribution in [2.75, 3.05) is 25.5 Å². The van der Waals surface area contributed by atoms with Gasteiger partial charge in [-0.05, 0) is 28.9 Å². The van der Waals surface area contributed by atoms with Crippen LogP contribution in [-0.4, -0.2) is 42.7 Å². The van der Waals surface area contributed by atoms with Gasteiger partial charge in [-0.3, -0.25) is 4.79 Å². The van der Waals surface area contributed by atoms with E-state index < -0.39 is 6.10 Å². The Hall–Kier alpha value is -1.14. The molecule has 17 heavy (non-hydrogen) atoms. The molecule has 0 saturated heterocycles. The molecule has 0 aliphatic carbocycles. The topological polar surface area (TPSA) is 65.5 Å².